The number of aromatic nitrogens is 2. The number of piperidine rings is 1. The molecule has 1 aromatic heterocycles. The Morgan fingerprint density at radius 1 is 1.56 bits per heavy atom. The summed E-state index contributed by atoms with van der Waals surface area (Å²) in [6.45, 7) is 5.74. The van der Waals surface area contributed by atoms with Crippen molar-refractivity contribution in [2.24, 2.45) is 5.92 Å². The predicted octanol–water partition coefficient (Wildman–Crippen LogP) is 2.23. The van der Waals surface area contributed by atoms with E-state index < -0.39 is 0 Å². The van der Waals surface area contributed by atoms with Gasteiger partial charge in [-0.3, -0.25) is 0 Å². The zero-order valence-electron chi connectivity index (χ0n) is 10.3. The fraction of sp³-hybridized carbons (Fsp3) is 0.769. The topological polar surface area (TPSA) is 29.9 Å². The number of aryl methyl sites for hydroxylation is 2. The quantitative estimate of drug-likeness (QED) is 0.826. The summed E-state index contributed by atoms with van der Waals surface area (Å²) in [7, 11) is 0. The highest BCUT2D eigenvalue weighted by Gasteiger charge is 2.13. The number of hydrogen-bond acceptors (Lipinski definition) is 2. The normalized spacial score (nSPS) is 21.2. The third kappa shape index (κ3) is 3.08. The van der Waals surface area contributed by atoms with Crippen LogP contribution in [0, 0.1) is 5.92 Å². The molecule has 2 rings (SSSR count). The zero-order chi connectivity index (χ0) is 11.2. The van der Waals surface area contributed by atoms with Crippen molar-refractivity contribution in [1.82, 2.24) is 14.9 Å². The van der Waals surface area contributed by atoms with Gasteiger partial charge in [0.15, 0.2) is 0 Å². The molecule has 1 aliphatic rings. The fourth-order valence-corrected chi connectivity index (χ4v) is 2.52. The van der Waals surface area contributed by atoms with Gasteiger partial charge in [0.25, 0.3) is 0 Å². The van der Waals surface area contributed by atoms with Gasteiger partial charge in [-0.2, -0.15) is 0 Å². The Morgan fingerprint density at radius 3 is 3.25 bits per heavy atom. The van der Waals surface area contributed by atoms with E-state index in [0.717, 1.165) is 18.9 Å². The predicted molar refractivity (Wildman–Crippen MR) is 66.4 cm³/mol. The second kappa shape index (κ2) is 6.04. The van der Waals surface area contributed by atoms with Crippen molar-refractivity contribution in [3.05, 3.63) is 18.2 Å². The van der Waals surface area contributed by atoms with Gasteiger partial charge in [-0.15, -0.1) is 0 Å². The van der Waals surface area contributed by atoms with Crippen LogP contribution >= 0.6 is 0 Å². The molecule has 2 heterocycles. The van der Waals surface area contributed by atoms with E-state index in [4.69, 9.17) is 0 Å². The third-order valence-electron chi connectivity index (χ3n) is 3.44. The molecule has 1 atom stereocenters. The highest BCUT2D eigenvalue weighted by Crippen LogP contribution is 2.16. The SMILES string of the molecule is CCCn1ccnc1CCC1CCCNC1. The molecular formula is C13H23N3. The van der Waals surface area contributed by atoms with Crippen LogP contribution in [-0.4, -0.2) is 22.6 Å². The average molecular weight is 221 g/mol. The van der Waals surface area contributed by atoms with E-state index in [1.807, 2.05) is 6.20 Å². The Morgan fingerprint density at radius 2 is 2.50 bits per heavy atom. The van der Waals surface area contributed by atoms with Gasteiger partial charge in [0.05, 0.1) is 0 Å². The lowest BCUT2D eigenvalue weighted by molar-refractivity contribution is 0.354. The Hall–Kier alpha value is -0.830. The van der Waals surface area contributed by atoms with Gasteiger partial charge < -0.3 is 9.88 Å². The van der Waals surface area contributed by atoms with E-state index in [0.29, 0.717) is 0 Å². The van der Waals surface area contributed by atoms with Crippen LogP contribution in [0.5, 0.6) is 0 Å². The molecule has 0 aromatic carbocycles. The number of imidazole rings is 1. The van der Waals surface area contributed by atoms with Crippen LogP contribution in [-0.2, 0) is 13.0 Å². The Balaban J connectivity index is 1.81. The van der Waals surface area contributed by atoms with E-state index in [1.54, 1.807) is 0 Å². The second-order valence-electron chi connectivity index (χ2n) is 4.79. The van der Waals surface area contributed by atoms with E-state index in [9.17, 15) is 0 Å². The van der Waals surface area contributed by atoms with Crippen molar-refractivity contribution >= 4 is 0 Å². The summed E-state index contributed by atoms with van der Waals surface area (Å²) in [4.78, 5) is 4.46. The third-order valence-corrected chi connectivity index (χ3v) is 3.44. The van der Waals surface area contributed by atoms with Crippen LogP contribution in [0.15, 0.2) is 12.4 Å². The lowest BCUT2D eigenvalue weighted by Gasteiger charge is -2.22. The second-order valence-corrected chi connectivity index (χ2v) is 4.79. The summed E-state index contributed by atoms with van der Waals surface area (Å²) in [6.07, 6.45) is 10.4. The molecule has 0 radical (unpaired) electrons. The Bertz CT molecular complexity index is 300. The number of nitrogens with zero attached hydrogens (tertiary/aromatic N) is 2. The zero-order valence-corrected chi connectivity index (χ0v) is 10.3. The van der Waals surface area contributed by atoms with Crippen LogP contribution in [0.4, 0.5) is 0 Å². The van der Waals surface area contributed by atoms with Crippen LogP contribution < -0.4 is 5.32 Å². The molecule has 0 spiro atoms. The average Bonchev–Trinajstić information content (AvgIpc) is 2.76. The first-order valence-electron chi connectivity index (χ1n) is 6.61. The molecule has 90 valence electrons. The van der Waals surface area contributed by atoms with Gasteiger partial charge in [0, 0.05) is 25.4 Å². The molecule has 1 aromatic rings. The van der Waals surface area contributed by atoms with Crippen molar-refractivity contribution < 1.29 is 0 Å². The Labute approximate surface area is 98.3 Å². The minimum absolute atomic E-state index is 0.862. The summed E-state index contributed by atoms with van der Waals surface area (Å²) < 4.78 is 2.30. The largest absolute Gasteiger partial charge is 0.335 e. The van der Waals surface area contributed by atoms with E-state index in [2.05, 4.69) is 28.0 Å². The maximum absolute atomic E-state index is 4.46. The van der Waals surface area contributed by atoms with Gasteiger partial charge >= 0.3 is 0 Å². The monoisotopic (exact) mass is 221 g/mol. The van der Waals surface area contributed by atoms with Gasteiger partial charge in [-0.25, -0.2) is 4.98 Å². The first-order chi connectivity index (χ1) is 7.90. The van der Waals surface area contributed by atoms with Gasteiger partial charge in [0.1, 0.15) is 5.82 Å². The highest BCUT2D eigenvalue weighted by molar-refractivity contribution is 4.93. The first-order valence-corrected chi connectivity index (χ1v) is 6.61. The highest BCUT2D eigenvalue weighted by atomic mass is 15.1. The molecule has 0 bridgehead atoms. The molecule has 1 aliphatic heterocycles. The summed E-state index contributed by atoms with van der Waals surface area (Å²) in [5.74, 6) is 2.13. The lowest BCUT2D eigenvalue weighted by Crippen LogP contribution is -2.30. The minimum atomic E-state index is 0.862. The van der Waals surface area contributed by atoms with Crippen molar-refractivity contribution in [3.8, 4) is 0 Å². The molecule has 1 N–H and O–H groups in total. The molecule has 1 unspecified atom stereocenters. The Kier molecular flexibility index (Phi) is 4.40. The van der Waals surface area contributed by atoms with Crippen molar-refractivity contribution in [2.75, 3.05) is 13.1 Å². The van der Waals surface area contributed by atoms with Crippen molar-refractivity contribution in [2.45, 2.75) is 45.6 Å². The van der Waals surface area contributed by atoms with E-state index in [-0.39, 0.29) is 0 Å². The number of hydrogen-bond donors (Lipinski definition) is 1. The molecule has 16 heavy (non-hydrogen) atoms. The van der Waals surface area contributed by atoms with Gasteiger partial charge in [0.2, 0.25) is 0 Å². The minimum Gasteiger partial charge on any atom is -0.335 e. The molecule has 1 fully saturated rings. The summed E-state index contributed by atoms with van der Waals surface area (Å²) in [5.41, 5.74) is 0. The molecule has 3 heteroatoms. The molecule has 1 saturated heterocycles. The van der Waals surface area contributed by atoms with Gasteiger partial charge in [-0.05, 0) is 44.7 Å². The smallest absolute Gasteiger partial charge is 0.108 e. The molecule has 0 amide bonds. The lowest BCUT2D eigenvalue weighted by atomic mass is 9.94. The summed E-state index contributed by atoms with van der Waals surface area (Å²) in [5, 5.41) is 3.48. The van der Waals surface area contributed by atoms with Crippen LogP contribution in [0.2, 0.25) is 0 Å². The standard InChI is InChI=1S/C13H23N3/c1-2-9-16-10-8-15-13(16)6-5-12-4-3-7-14-11-12/h8,10,12,14H,2-7,9,11H2,1H3. The van der Waals surface area contributed by atoms with Crippen LogP contribution in [0.25, 0.3) is 0 Å². The summed E-state index contributed by atoms with van der Waals surface area (Å²) >= 11 is 0. The summed E-state index contributed by atoms with van der Waals surface area (Å²) in [6, 6.07) is 0. The van der Waals surface area contributed by atoms with E-state index in [1.165, 1.54) is 44.6 Å². The van der Waals surface area contributed by atoms with Gasteiger partial charge in [-0.1, -0.05) is 6.92 Å². The molecule has 0 aliphatic carbocycles. The molecule has 3 nitrogen and oxygen atoms in total. The first kappa shape index (κ1) is 11.6. The molecule has 0 saturated carbocycles. The van der Waals surface area contributed by atoms with E-state index >= 15 is 0 Å². The number of rotatable bonds is 5. The number of nitrogens with one attached hydrogen (secondary N) is 1. The van der Waals surface area contributed by atoms with Crippen molar-refractivity contribution in [1.29, 1.82) is 0 Å². The maximum Gasteiger partial charge on any atom is 0.108 e. The van der Waals surface area contributed by atoms with Crippen LogP contribution in [0.3, 0.4) is 0 Å². The fourth-order valence-electron chi connectivity index (χ4n) is 2.52. The van der Waals surface area contributed by atoms with Crippen molar-refractivity contribution in [3.63, 3.8) is 0 Å². The maximum atomic E-state index is 4.46. The molecular weight excluding hydrogens is 198 g/mol. The van der Waals surface area contributed by atoms with Crippen LogP contribution in [0.1, 0.15) is 38.4 Å².